The van der Waals surface area contributed by atoms with E-state index in [9.17, 15) is 4.39 Å². The average molecular weight is 289 g/mol. The third-order valence-corrected chi connectivity index (χ3v) is 3.63. The van der Waals surface area contributed by atoms with Crippen LogP contribution in [0.5, 0.6) is 5.75 Å². The number of hydrogen-bond acceptors (Lipinski definition) is 4. The van der Waals surface area contributed by atoms with Crippen LogP contribution in [-0.2, 0) is 0 Å². The number of anilines is 1. The van der Waals surface area contributed by atoms with Gasteiger partial charge in [-0.2, -0.15) is 0 Å². The molecule has 2 aromatic carbocycles. The summed E-state index contributed by atoms with van der Waals surface area (Å²) in [6.07, 6.45) is 0. The largest absolute Gasteiger partial charge is 0.497 e. The molecule has 6 heteroatoms. The number of ether oxygens (including phenoxy) is 1. The summed E-state index contributed by atoms with van der Waals surface area (Å²) in [6, 6.07) is 10.0. The van der Waals surface area contributed by atoms with Gasteiger partial charge >= 0.3 is 0 Å². The van der Waals surface area contributed by atoms with E-state index in [1.165, 1.54) is 23.9 Å². The Balaban J connectivity index is 1.94. The fourth-order valence-corrected chi connectivity index (χ4v) is 2.79. The molecule has 0 unspecified atom stereocenters. The van der Waals surface area contributed by atoms with Crippen LogP contribution in [0.25, 0.3) is 11.0 Å². The predicted octanol–water partition coefficient (Wildman–Crippen LogP) is 3.44. The molecule has 0 radical (unpaired) electrons. The Labute approximate surface area is 119 Å². The quantitative estimate of drug-likeness (QED) is 0.725. The fourth-order valence-electron chi connectivity index (χ4n) is 1.90. The van der Waals surface area contributed by atoms with Crippen LogP contribution in [0.3, 0.4) is 0 Å². The Morgan fingerprint density at radius 1 is 1.25 bits per heavy atom. The first kappa shape index (κ1) is 12.8. The number of nitrogens with one attached hydrogen (secondary N) is 1. The van der Waals surface area contributed by atoms with Crippen molar-refractivity contribution in [1.82, 2.24) is 9.97 Å². The lowest BCUT2D eigenvalue weighted by atomic mass is 10.3. The third kappa shape index (κ3) is 2.55. The van der Waals surface area contributed by atoms with Crippen LogP contribution in [-0.4, -0.2) is 17.1 Å². The summed E-state index contributed by atoms with van der Waals surface area (Å²) in [5.41, 5.74) is 7.72. The van der Waals surface area contributed by atoms with Crippen LogP contribution in [0.15, 0.2) is 46.5 Å². The van der Waals surface area contributed by atoms with Gasteiger partial charge in [0.1, 0.15) is 11.6 Å². The summed E-state index contributed by atoms with van der Waals surface area (Å²) in [6.45, 7) is 0. The Morgan fingerprint density at radius 3 is 2.85 bits per heavy atom. The molecule has 0 bridgehead atoms. The number of imidazole rings is 1. The number of methoxy groups -OCH3 is 1. The molecule has 102 valence electrons. The van der Waals surface area contributed by atoms with E-state index in [2.05, 4.69) is 9.97 Å². The molecule has 0 fully saturated rings. The first-order valence-corrected chi connectivity index (χ1v) is 6.73. The van der Waals surface area contributed by atoms with Crippen LogP contribution in [0, 0.1) is 5.82 Å². The summed E-state index contributed by atoms with van der Waals surface area (Å²) in [7, 11) is 1.61. The molecule has 0 aliphatic heterocycles. The second-order valence-electron chi connectivity index (χ2n) is 4.25. The second-order valence-corrected chi connectivity index (χ2v) is 5.31. The molecule has 0 saturated heterocycles. The average Bonchev–Trinajstić information content (AvgIpc) is 2.78. The van der Waals surface area contributed by atoms with E-state index >= 15 is 0 Å². The van der Waals surface area contributed by atoms with Crippen molar-refractivity contribution in [2.24, 2.45) is 0 Å². The first-order valence-electron chi connectivity index (χ1n) is 5.92. The van der Waals surface area contributed by atoms with Crippen molar-refractivity contribution >= 4 is 28.5 Å². The minimum atomic E-state index is -0.356. The maximum Gasteiger partial charge on any atom is 0.171 e. The van der Waals surface area contributed by atoms with E-state index in [-0.39, 0.29) is 5.82 Å². The number of benzene rings is 2. The van der Waals surface area contributed by atoms with E-state index in [0.29, 0.717) is 15.7 Å². The highest BCUT2D eigenvalue weighted by molar-refractivity contribution is 7.99. The zero-order valence-corrected chi connectivity index (χ0v) is 11.5. The summed E-state index contributed by atoms with van der Waals surface area (Å²) < 4.78 is 18.5. The highest BCUT2D eigenvalue weighted by atomic mass is 32.2. The maximum atomic E-state index is 13.3. The topological polar surface area (TPSA) is 63.9 Å². The van der Waals surface area contributed by atoms with E-state index < -0.39 is 0 Å². The van der Waals surface area contributed by atoms with Crippen molar-refractivity contribution in [3.8, 4) is 5.75 Å². The highest BCUT2D eigenvalue weighted by Gasteiger charge is 2.07. The van der Waals surface area contributed by atoms with Gasteiger partial charge in [0.25, 0.3) is 0 Å². The van der Waals surface area contributed by atoms with Crippen molar-refractivity contribution in [3.63, 3.8) is 0 Å². The molecular formula is C14H12FN3OS. The monoisotopic (exact) mass is 289 g/mol. The molecular weight excluding hydrogens is 277 g/mol. The molecule has 0 aliphatic rings. The molecule has 0 amide bonds. The lowest BCUT2D eigenvalue weighted by Crippen LogP contribution is -1.87. The van der Waals surface area contributed by atoms with Gasteiger partial charge in [0.15, 0.2) is 5.16 Å². The van der Waals surface area contributed by atoms with Gasteiger partial charge in [0.2, 0.25) is 0 Å². The van der Waals surface area contributed by atoms with Crippen LogP contribution in [0.4, 0.5) is 10.1 Å². The zero-order chi connectivity index (χ0) is 14.1. The van der Waals surface area contributed by atoms with Crippen LogP contribution in [0.1, 0.15) is 0 Å². The lowest BCUT2D eigenvalue weighted by Gasteiger charge is -2.00. The molecule has 0 saturated carbocycles. The number of aromatic nitrogens is 2. The van der Waals surface area contributed by atoms with E-state index in [0.717, 1.165) is 16.8 Å². The summed E-state index contributed by atoms with van der Waals surface area (Å²) >= 11 is 1.33. The Morgan fingerprint density at radius 2 is 2.10 bits per heavy atom. The standard InChI is InChI=1S/C14H12FN3OS/c1-19-10-2-3-12-13(7-10)18-14(17-12)20-11-5-8(15)4-9(16)6-11/h2-7H,16H2,1H3,(H,17,18). The van der Waals surface area contributed by atoms with Gasteiger partial charge in [0, 0.05) is 16.6 Å². The van der Waals surface area contributed by atoms with Gasteiger partial charge in [-0.1, -0.05) is 11.8 Å². The number of hydrogen-bond donors (Lipinski definition) is 2. The number of H-pyrrole nitrogens is 1. The molecule has 1 aromatic heterocycles. The van der Waals surface area contributed by atoms with Crippen molar-refractivity contribution in [1.29, 1.82) is 0 Å². The SMILES string of the molecule is COc1ccc2nc(Sc3cc(N)cc(F)c3)[nH]c2c1. The number of nitrogens with two attached hydrogens (primary N) is 1. The lowest BCUT2D eigenvalue weighted by molar-refractivity contribution is 0.415. The Kier molecular flexibility index (Phi) is 3.23. The van der Waals surface area contributed by atoms with Crippen LogP contribution in [0.2, 0.25) is 0 Å². The number of aromatic amines is 1. The molecule has 0 aliphatic carbocycles. The van der Waals surface area contributed by atoms with Crippen molar-refractivity contribution in [2.45, 2.75) is 10.1 Å². The second kappa shape index (κ2) is 5.05. The van der Waals surface area contributed by atoms with Crippen molar-refractivity contribution < 1.29 is 9.13 Å². The minimum absolute atomic E-state index is 0.356. The summed E-state index contributed by atoms with van der Waals surface area (Å²) in [4.78, 5) is 8.30. The van der Waals surface area contributed by atoms with E-state index in [1.807, 2.05) is 18.2 Å². The molecule has 3 aromatic rings. The first-order chi connectivity index (χ1) is 9.64. The molecule has 0 atom stereocenters. The van der Waals surface area contributed by atoms with Gasteiger partial charge in [-0.15, -0.1) is 0 Å². The number of nitrogen functional groups attached to an aromatic ring is 1. The van der Waals surface area contributed by atoms with Gasteiger partial charge < -0.3 is 15.5 Å². The molecule has 4 nitrogen and oxygen atoms in total. The van der Waals surface area contributed by atoms with Gasteiger partial charge in [-0.25, -0.2) is 9.37 Å². The van der Waals surface area contributed by atoms with Crippen LogP contribution < -0.4 is 10.5 Å². The fraction of sp³-hybridized carbons (Fsp3) is 0.0714. The Hall–Kier alpha value is -2.21. The molecule has 3 N–H and O–H groups in total. The third-order valence-electron chi connectivity index (χ3n) is 2.78. The molecule has 20 heavy (non-hydrogen) atoms. The summed E-state index contributed by atoms with van der Waals surface area (Å²) in [5.74, 6) is 0.401. The summed E-state index contributed by atoms with van der Waals surface area (Å²) in [5, 5.41) is 0.679. The normalized spacial score (nSPS) is 10.9. The Bertz CT molecular complexity index is 752. The van der Waals surface area contributed by atoms with Crippen LogP contribution >= 0.6 is 11.8 Å². The minimum Gasteiger partial charge on any atom is -0.497 e. The van der Waals surface area contributed by atoms with Gasteiger partial charge in [-0.05, 0) is 30.3 Å². The van der Waals surface area contributed by atoms with Gasteiger partial charge in [-0.3, -0.25) is 0 Å². The number of fused-ring (bicyclic) bond motifs is 1. The van der Waals surface area contributed by atoms with Crippen molar-refractivity contribution in [3.05, 3.63) is 42.2 Å². The number of nitrogens with zero attached hydrogens (tertiary/aromatic N) is 1. The predicted molar refractivity (Wildman–Crippen MR) is 77.6 cm³/mol. The highest BCUT2D eigenvalue weighted by Crippen LogP contribution is 2.30. The number of rotatable bonds is 3. The molecule has 1 heterocycles. The van der Waals surface area contributed by atoms with Gasteiger partial charge in [0.05, 0.1) is 18.1 Å². The number of halogens is 1. The van der Waals surface area contributed by atoms with E-state index in [1.54, 1.807) is 13.2 Å². The van der Waals surface area contributed by atoms with Crippen molar-refractivity contribution in [2.75, 3.05) is 12.8 Å². The zero-order valence-electron chi connectivity index (χ0n) is 10.7. The molecule has 0 spiro atoms. The van der Waals surface area contributed by atoms with E-state index in [4.69, 9.17) is 10.5 Å². The molecule has 3 rings (SSSR count). The maximum absolute atomic E-state index is 13.3. The smallest absolute Gasteiger partial charge is 0.171 e.